The van der Waals surface area contributed by atoms with Gasteiger partial charge in [0.1, 0.15) is 5.75 Å². The molecule has 0 heterocycles. The Morgan fingerprint density at radius 3 is 2.77 bits per heavy atom. The SMILES string of the molecule is C#C[C@]1(OC(C)=O)CC[C@@H]2[C@@H]3CCc4cc(OC)ccc4[C@@H]3CC[C@@]21C. The minimum Gasteiger partial charge on any atom is -0.497 e. The molecule has 138 valence electrons. The largest absolute Gasteiger partial charge is 0.497 e. The van der Waals surface area contributed by atoms with Gasteiger partial charge < -0.3 is 9.47 Å². The monoisotopic (exact) mass is 352 g/mol. The van der Waals surface area contributed by atoms with Crippen molar-refractivity contribution in [2.24, 2.45) is 17.3 Å². The van der Waals surface area contributed by atoms with E-state index in [0.717, 1.165) is 37.9 Å². The van der Waals surface area contributed by atoms with Gasteiger partial charge in [0.15, 0.2) is 5.60 Å². The van der Waals surface area contributed by atoms with Crippen LogP contribution in [0.3, 0.4) is 0 Å². The molecule has 0 unspecified atom stereocenters. The zero-order valence-corrected chi connectivity index (χ0v) is 16.0. The van der Waals surface area contributed by atoms with E-state index in [4.69, 9.17) is 15.9 Å². The lowest BCUT2D eigenvalue weighted by Crippen LogP contribution is -2.52. The molecule has 1 aromatic rings. The summed E-state index contributed by atoms with van der Waals surface area (Å²) in [5.41, 5.74) is 2.10. The Labute approximate surface area is 156 Å². The second-order valence-corrected chi connectivity index (χ2v) is 8.54. The van der Waals surface area contributed by atoms with Crippen molar-refractivity contribution in [1.82, 2.24) is 0 Å². The molecule has 4 rings (SSSR count). The average Bonchev–Trinajstić information content (AvgIpc) is 2.93. The van der Waals surface area contributed by atoms with Gasteiger partial charge in [-0.1, -0.05) is 18.9 Å². The number of carbonyl (C=O) groups excluding carboxylic acids is 1. The highest BCUT2D eigenvalue weighted by Gasteiger charge is 2.63. The highest BCUT2D eigenvalue weighted by Crippen LogP contribution is 2.65. The number of methoxy groups -OCH3 is 1. The highest BCUT2D eigenvalue weighted by atomic mass is 16.6. The van der Waals surface area contributed by atoms with Gasteiger partial charge in [0.25, 0.3) is 0 Å². The smallest absolute Gasteiger partial charge is 0.304 e. The number of rotatable bonds is 2. The van der Waals surface area contributed by atoms with Crippen LogP contribution in [0.25, 0.3) is 0 Å². The Hall–Kier alpha value is -1.95. The zero-order valence-electron chi connectivity index (χ0n) is 16.0. The van der Waals surface area contributed by atoms with Gasteiger partial charge in [-0.2, -0.15) is 0 Å². The summed E-state index contributed by atoms with van der Waals surface area (Å²) in [7, 11) is 1.73. The van der Waals surface area contributed by atoms with Gasteiger partial charge in [-0.25, -0.2) is 0 Å². The highest BCUT2D eigenvalue weighted by molar-refractivity contribution is 5.67. The fourth-order valence-corrected chi connectivity index (χ4v) is 6.36. The number of esters is 1. The molecule has 0 aromatic heterocycles. The molecule has 26 heavy (non-hydrogen) atoms. The van der Waals surface area contributed by atoms with E-state index >= 15 is 0 Å². The van der Waals surface area contributed by atoms with Crippen LogP contribution in [0.2, 0.25) is 0 Å². The lowest BCUT2D eigenvalue weighted by Gasteiger charge is -2.52. The van der Waals surface area contributed by atoms with Crippen molar-refractivity contribution >= 4 is 5.97 Å². The van der Waals surface area contributed by atoms with Crippen molar-refractivity contribution in [2.75, 3.05) is 7.11 Å². The summed E-state index contributed by atoms with van der Waals surface area (Å²) in [6.45, 7) is 3.75. The Morgan fingerprint density at radius 1 is 1.27 bits per heavy atom. The average molecular weight is 352 g/mol. The van der Waals surface area contributed by atoms with Gasteiger partial charge in [0, 0.05) is 12.3 Å². The Balaban J connectivity index is 1.68. The summed E-state index contributed by atoms with van der Waals surface area (Å²) < 4.78 is 11.2. The summed E-state index contributed by atoms with van der Waals surface area (Å²) in [6.07, 6.45) is 12.2. The van der Waals surface area contributed by atoms with Gasteiger partial charge >= 0.3 is 5.97 Å². The summed E-state index contributed by atoms with van der Waals surface area (Å²) in [5.74, 6) is 5.35. The quantitative estimate of drug-likeness (QED) is 0.581. The number of terminal acetylenes is 1. The summed E-state index contributed by atoms with van der Waals surface area (Å²) in [6, 6.07) is 6.57. The van der Waals surface area contributed by atoms with E-state index in [9.17, 15) is 4.79 Å². The number of hydrogen-bond acceptors (Lipinski definition) is 3. The summed E-state index contributed by atoms with van der Waals surface area (Å²) in [5, 5.41) is 0. The standard InChI is InChI=1S/C23H28O3/c1-5-23(26-15(2)24)13-11-21-20-8-6-16-14-17(25-4)7-9-18(16)19(20)10-12-22(21,23)3/h1,7,9,14,19-21H,6,8,10-13H2,2-4H3/t19-,20+,21+,22-,23-/m0/s1. The van der Waals surface area contributed by atoms with E-state index in [1.165, 1.54) is 24.5 Å². The van der Waals surface area contributed by atoms with E-state index in [-0.39, 0.29) is 11.4 Å². The van der Waals surface area contributed by atoms with Crippen molar-refractivity contribution in [3.63, 3.8) is 0 Å². The molecule has 0 radical (unpaired) electrons. The minimum absolute atomic E-state index is 0.113. The van der Waals surface area contributed by atoms with E-state index in [1.54, 1.807) is 7.11 Å². The topological polar surface area (TPSA) is 35.5 Å². The minimum atomic E-state index is -0.728. The first-order valence-electron chi connectivity index (χ1n) is 9.78. The molecule has 0 saturated heterocycles. The van der Waals surface area contributed by atoms with Gasteiger partial charge in [-0.05, 0) is 79.5 Å². The van der Waals surface area contributed by atoms with Crippen LogP contribution in [0.5, 0.6) is 5.75 Å². The van der Waals surface area contributed by atoms with Crippen LogP contribution in [0.15, 0.2) is 18.2 Å². The van der Waals surface area contributed by atoms with Crippen LogP contribution in [-0.2, 0) is 16.0 Å². The lowest BCUT2D eigenvalue weighted by atomic mass is 9.53. The third-order valence-electron chi connectivity index (χ3n) is 7.60. The van der Waals surface area contributed by atoms with Gasteiger partial charge in [0.2, 0.25) is 0 Å². The second kappa shape index (κ2) is 6.05. The first-order valence-corrected chi connectivity index (χ1v) is 9.78. The number of ether oxygens (including phenoxy) is 2. The van der Waals surface area contributed by atoms with Crippen molar-refractivity contribution < 1.29 is 14.3 Å². The third kappa shape index (κ3) is 2.31. The summed E-state index contributed by atoms with van der Waals surface area (Å²) in [4.78, 5) is 11.8. The van der Waals surface area contributed by atoms with Crippen LogP contribution in [0, 0.1) is 29.6 Å². The molecule has 0 spiro atoms. The normalized spacial score (nSPS) is 37.7. The maximum Gasteiger partial charge on any atom is 0.304 e. The van der Waals surface area contributed by atoms with Crippen molar-refractivity contribution in [3.8, 4) is 18.1 Å². The van der Waals surface area contributed by atoms with Gasteiger partial charge in [0.05, 0.1) is 7.11 Å². The van der Waals surface area contributed by atoms with Crippen molar-refractivity contribution in [2.45, 2.75) is 63.9 Å². The van der Waals surface area contributed by atoms with E-state index in [2.05, 4.69) is 31.0 Å². The molecule has 3 heteroatoms. The van der Waals surface area contributed by atoms with E-state index < -0.39 is 5.60 Å². The van der Waals surface area contributed by atoms with Crippen LogP contribution >= 0.6 is 0 Å². The van der Waals surface area contributed by atoms with Crippen molar-refractivity contribution in [1.29, 1.82) is 0 Å². The third-order valence-corrected chi connectivity index (χ3v) is 7.60. The number of fused-ring (bicyclic) bond motifs is 5. The maximum absolute atomic E-state index is 11.8. The molecule has 3 aliphatic rings. The number of aryl methyl sites for hydroxylation is 1. The zero-order chi connectivity index (χ0) is 18.5. The first kappa shape index (κ1) is 17.5. The van der Waals surface area contributed by atoms with Crippen LogP contribution in [0.1, 0.15) is 63.0 Å². The van der Waals surface area contributed by atoms with Crippen LogP contribution < -0.4 is 4.74 Å². The predicted molar refractivity (Wildman–Crippen MR) is 101 cm³/mol. The van der Waals surface area contributed by atoms with Gasteiger partial charge in [-0.15, -0.1) is 6.42 Å². The fraction of sp³-hybridized carbons (Fsp3) is 0.609. The molecule has 0 aliphatic heterocycles. The maximum atomic E-state index is 11.8. The predicted octanol–water partition coefficient (Wildman–Crippen LogP) is 4.49. The second-order valence-electron chi connectivity index (χ2n) is 8.54. The molecule has 5 atom stereocenters. The molecule has 1 aromatic carbocycles. The fourth-order valence-electron chi connectivity index (χ4n) is 6.36. The molecular weight excluding hydrogens is 324 g/mol. The molecule has 2 fully saturated rings. The van der Waals surface area contributed by atoms with Crippen molar-refractivity contribution in [3.05, 3.63) is 29.3 Å². The molecule has 3 aliphatic carbocycles. The first-order chi connectivity index (χ1) is 12.4. The van der Waals surface area contributed by atoms with E-state index in [1.807, 2.05) is 0 Å². The Kier molecular flexibility index (Phi) is 4.06. The van der Waals surface area contributed by atoms with Gasteiger partial charge in [-0.3, -0.25) is 4.79 Å². The molecule has 0 N–H and O–H groups in total. The lowest BCUT2D eigenvalue weighted by molar-refractivity contribution is -0.165. The number of benzene rings is 1. The number of carbonyl (C=O) groups is 1. The molecular formula is C23H28O3. The van der Waals surface area contributed by atoms with Crippen LogP contribution in [0.4, 0.5) is 0 Å². The number of hydrogen-bond donors (Lipinski definition) is 0. The summed E-state index contributed by atoms with van der Waals surface area (Å²) >= 11 is 0. The Bertz CT molecular complexity index is 776. The molecule has 0 bridgehead atoms. The Morgan fingerprint density at radius 2 is 2.08 bits per heavy atom. The van der Waals surface area contributed by atoms with Crippen LogP contribution in [-0.4, -0.2) is 18.7 Å². The molecule has 0 amide bonds. The molecule has 3 nitrogen and oxygen atoms in total. The molecule has 2 saturated carbocycles. The van der Waals surface area contributed by atoms with E-state index in [0.29, 0.717) is 17.8 Å².